The molecule has 0 unspecified atom stereocenters. The van der Waals surface area contributed by atoms with E-state index in [4.69, 9.17) is 0 Å². The first-order chi connectivity index (χ1) is 9.14. The Bertz CT molecular complexity index is 434. The summed E-state index contributed by atoms with van der Waals surface area (Å²) in [6.07, 6.45) is 10.5. The van der Waals surface area contributed by atoms with Gasteiger partial charge < -0.3 is 17.0 Å². The molecule has 0 bridgehead atoms. The predicted octanol–water partition coefficient (Wildman–Crippen LogP) is -0.247. The lowest BCUT2D eigenvalue weighted by Crippen LogP contribution is -3.00. The highest BCUT2D eigenvalue weighted by molar-refractivity contribution is 7.91. The van der Waals surface area contributed by atoms with Crippen LogP contribution in [0.4, 0.5) is 0 Å². The summed E-state index contributed by atoms with van der Waals surface area (Å²) in [5.41, 5.74) is 0. The van der Waals surface area contributed by atoms with Gasteiger partial charge in [-0.05, 0) is 6.42 Å². The molecular formula is C15H26BrNO2S. The Kier molecular flexibility index (Phi) is 11.0. The molecule has 20 heavy (non-hydrogen) atoms. The first-order valence-corrected chi connectivity index (χ1v) is 9.11. The van der Waals surface area contributed by atoms with Gasteiger partial charge in [-0.15, -0.1) is 0 Å². The van der Waals surface area contributed by atoms with Gasteiger partial charge in [0.1, 0.15) is 5.75 Å². The zero-order valence-electron chi connectivity index (χ0n) is 12.3. The highest BCUT2D eigenvalue weighted by atomic mass is 79.9. The van der Waals surface area contributed by atoms with Crippen molar-refractivity contribution in [2.24, 2.45) is 0 Å². The van der Waals surface area contributed by atoms with Crippen LogP contribution in [0.3, 0.4) is 0 Å². The van der Waals surface area contributed by atoms with Crippen LogP contribution in [0.15, 0.2) is 30.6 Å². The van der Waals surface area contributed by atoms with Gasteiger partial charge in [-0.1, -0.05) is 45.1 Å². The van der Waals surface area contributed by atoms with Crippen LogP contribution >= 0.6 is 0 Å². The summed E-state index contributed by atoms with van der Waals surface area (Å²) in [4.78, 5) is 0. The number of sulfone groups is 1. The summed E-state index contributed by atoms with van der Waals surface area (Å²) in [5.74, 6) is 0.586. The SMILES string of the molecule is CCCCCCCCS(=O)(=O)CC[n+]1ccccc1.[Br-]. The van der Waals surface area contributed by atoms with Crippen LogP contribution < -0.4 is 21.5 Å². The summed E-state index contributed by atoms with van der Waals surface area (Å²) in [7, 11) is -2.89. The van der Waals surface area contributed by atoms with Gasteiger partial charge in [0.15, 0.2) is 28.8 Å². The van der Waals surface area contributed by atoms with E-state index in [1.54, 1.807) is 0 Å². The molecule has 3 nitrogen and oxygen atoms in total. The first kappa shape index (κ1) is 19.6. The monoisotopic (exact) mass is 363 g/mol. The standard InChI is InChI=1S/C15H26NO2S.BrH/c1-2-3-4-5-6-10-14-19(17,18)15-13-16-11-8-7-9-12-16;/h7-9,11-12H,2-6,10,13-15H2,1H3;1H/q+1;/p-1. The van der Waals surface area contributed by atoms with E-state index in [0.29, 0.717) is 12.3 Å². The van der Waals surface area contributed by atoms with Gasteiger partial charge in [-0.2, -0.15) is 0 Å². The first-order valence-electron chi connectivity index (χ1n) is 7.28. The fourth-order valence-electron chi connectivity index (χ4n) is 2.03. The van der Waals surface area contributed by atoms with Gasteiger partial charge in [0, 0.05) is 12.1 Å². The largest absolute Gasteiger partial charge is 1.00 e. The molecule has 0 N–H and O–H groups in total. The maximum Gasteiger partial charge on any atom is 0.168 e. The third-order valence-electron chi connectivity index (χ3n) is 3.25. The summed E-state index contributed by atoms with van der Waals surface area (Å²) < 4.78 is 25.7. The zero-order chi connectivity index (χ0) is 14.0. The molecule has 0 aromatic carbocycles. The van der Waals surface area contributed by atoms with Crippen LogP contribution in [0, 0.1) is 0 Å². The fraction of sp³-hybridized carbons (Fsp3) is 0.667. The van der Waals surface area contributed by atoms with E-state index in [0.717, 1.165) is 19.3 Å². The van der Waals surface area contributed by atoms with Gasteiger partial charge in [0.25, 0.3) is 0 Å². The van der Waals surface area contributed by atoms with Crippen molar-refractivity contribution in [3.05, 3.63) is 30.6 Å². The zero-order valence-corrected chi connectivity index (χ0v) is 14.7. The second-order valence-electron chi connectivity index (χ2n) is 5.03. The average Bonchev–Trinajstić information content (AvgIpc) is 2.42. The van der Waals surface area contributed by atoms with Gasteiger partial charge in [0.05, 0.1) is 5.75 Å². The minimum Gasteiger partial charge on any atom is -1.00 e. The Labute approximate surface area is 134 Å². The molecule has 1 aromatic heterocycles. The average molecular weight is 364 g/mol. The van der Waals surface area contributed by atoms with E-state index in [1.165, 1.54) is 19.3 Å². The van der Waals surface area contributed by atoms with E-state index in [1.807, 2.05) is 35.2 Å². The smallest absolute Gasteiger partial charge is 0.168 e. The van der Waals surface area contributed by atoms with Gasteiger partial charge in [0.2, 0.25) is 0 Å². The maximum absolute atomic E-state index is 11.9. The molecule has 0 saturated heterocycles. The number of pyridine rings is 1. The molecule has 0 aliphatic carbocycles. The van der Waals surface area contributed by atoms with Crippen LogP contribution in [0.5, 0.6) is 0 Å². The summed E-state index contributed by atoms with van der Waals surface area (Å²) in [6.45, 7) is 2.74. The molecule has 0 fully saturated rings. The minimum absolute atomic E-state index is 0. The second-order valence-corrected chi connectivity index (χ2v) is 7.34. The number of aryl methyl sites for hydroxylation is 1. The van der Waals surface area contributed by atoms with Gasteiger partial charge >= 0.3 is 0 Å². The van der Waals surface area contributed by atoms with E-state index < -0.39 is 9.84 Å². The summed E-state index contributed by atoms with van der Waals surface area (Å²) >= 11 is 0. The van der Waals surface area contributed by atoms with E-state index >= 15 is 0 Å². The van der Waals surface area contributed by atoms with Gasteiger partial charge in [-0.3, -0.25) is 0 Å². The lowest BCUT2D eigenvalue weighted by Gasteiger charge is -2.03. The van der Waals surface area contributed by atoms with Crippen LogP contribution in [0.1, 0.15) is 45.4 Å². The maximum atomic E-state index is 11.9. The minimum atomic E-state index is -2.89. The van der Waals surface area contributed by atoms with Gasteiger partial charge in [-0.25, -0.2) is 13.0 Å². The molecular weight excluding hydrogens is 338 g/mol. The number of hydrogen-bond acceptors (Lipinski definition) is 2. The Hall–Kier alpha value is -0.420. The third-order valence-corrected chi connectivity index (χ3v) is 4.96. The third kappa shape index (κ3) is 9.48. The van der Waals surface area contributed by atoms with E-state index in [9.17, 15) is 8.42 Å². The van der Waals surface area contributed by atoms with Crippen molar-refractivity contribution in [3.63, 3.8) is 0 Å². The molecule has 5 heteroatoms. The molecule has 0 aliphatic heterocycles. The van der Waals surface area contributed by atoms with Crippen molar-refractivity contribution in [3.8, 4) is 0 Å². The second kappa shape index (κ2) is 11.3. The molecule has 116 valence electrons. The van der Waals surface area contributed by atoms with E-state index in [-0.39, 0.29) is 22.7 Å². The molecule has 0 saturated carbocycles. The molecule has 0 amide bonds. The summed E-state index contributed by atoms with van der Waals surface area (Å²) in [5, 5.41) is 0. The molecule has 0 atom stereocenters. The molecule has 1 rings (SSSR count). The number of nitrogens with zero attached hydrogens (tertiary/aromatic N) is 1. The number of rotatable bonds is 10. The van der Waals surface area contributed by atoms with Crippen LogP contribution in [0.25, 0.3) is 0 Å². The summed E-state index contributed by atoms with van der Waals surface area (Å²) in [6, 6.07) is 5.77. The van der Waals surface area contributed by atoms with Crippen LogP contribution in [-0.4, -0.2) is 19.9 Å². The van der Waals surface area contributed by atoms with Crippen molar-refractivity contribution in [1.29, 1.82) is 0 Å². The van der Waals surface area contributed by atoms with Crippen molar-refractivity contribution in [2.45, 2.75) is 52.0 Å². The molecule has 1 aromatic rings. The Morgan fingerprint density at radius 3 is 2.10 bits per heavy atom. The Morgan fingerprint density at radius 2 is 1.45 bits per heavy atom. The lowest BCUT2D eigenvalue weighted by molar-refractivity contribution is -0.692. The Morgan fingerprint density at radius 1 is 0.850 bits per heavy atom. The number of unbranched alkanes of at least 4 members (excludes halogenated alkanes) is 5. The van der Waals surface area contributed by atoms with Crippen molar-refractivity contribution >= 4 is 9.84 Å². The lowest BCUT2D eigenvalue weighted by atomic mass is 10.1. The topological polar surface area (TPSA) is 38.0 Å². The molecule has 0 radical (unpaired) electrons. The van der Waals surface area contributed by atoms with Crippen molar-refractivity contribution < 1.29 is 30.0 Å². The fourth-order valence-corrected chi connectivity index (χ4v) is 3.37. The number of hydrogen-bond donors (Lipinski definition) is 0. The molecule has 0 aliphatic rings. The Balaban J connectivity index is 0.00000361. The van der Waals surface area contributed by atoms with E-state index in [2.05, 4.69) is 6.92 Å². The normalized spacial score (nSPS) is 11.1. The van der Waals surface area contributed by atoms with Crippen LogP contribution in [0.2, 0.25) is 0 Å². The highest BCUT2D eigenvalue weighted by Gasteiger charge is 2.13. The number of aromatic nitrogens is 1. The highest BCUT2D eigenvalue weighted by Crippen LogP contribution is 2.06. The quantitative estimate of drug-likeness (QED) is 0.424. The predicted molar refractivity (Wildman–Crippen MR) is 78.7 cm³/mol. The van der Waals surface area contributed by atoms with Crippen molar-refractivity contribution in [2.75, 3.05) is 11.5 Å². The van der Waals surface area contributed by atoms with Crippen LogP contribution in [-0.2, 0) is 16.4 Å². The molecule has 1 heterocycles. The molecule has 0 spiro atoms. The number of halogens is 1. The van der Waals surface area contributed by atoms with Crippen molar-refractivity contribution in [1.82, 2.24) is 0 Å².